The maximum atomic E-state index is 14.4. The molecular formula is C24H32FN5O2. The van der Waals surface area contributed by atoms with E-state index in [2.05, 4.69) is 20.2 Å². The Morgan fingerprint density at radius 2 is 1.94 bits per heavy atom. The number of hydrogen-bond acceptors (Lipinski definition) is 6. The van der Waals surface area contributed by atoms with Gasteiger partial charge in [-0.2, -0.15) is 0 Å². The van der Waals surface area contributed by atoms with Crippen molar-refractivity contribution in [3.8, 4) is 0 Å². The molecule has 8 heteroatoms. The van der Waals surface area contributed by atoms with Gasteiger partial charge in [-0.05, 0) is 64.4 Å². The van der Waals surface area contributed by atoms with Crippen LogP contribution in [0.15, 0.2) is 36.7 Å². The number of aryl methyl sites for hydroxylation is 1. The van der Waals surface area contributed by atoms with Crippen molar-refractivity contribution in [2.45, 2.75) is 38.2 Å². The molecule has 0 unspecified atom stereocenters. The van der Waals surface area contributed by atoms with Gasteiger partial charge in [-0.25, -0.2) is 14.4 Å². The first kappa shape index (κ1) is 22.6. The highest BCUT2D eigenvalue weighted by molar-refractivity contribution is 5.83. The van der Waals surface area contributed by atoms with Gasteiger partial charge in [0.2, 0.25) is 5.91 Å². The molecule has 7 nitrogen and oxygen atoms in total. The van der Waals surface area contributed by atoms with E-state index in [0.717, 1.165) is 24.6 Å². The summed E-state index contributed by atoms with van der Waals surface area (Å²) in [6.45, 7) is 4.70. The van der Waals surface area contributed by atoms with E-state index >= 15 is 0 Å². The summed E-state index contributed by atoms with van der Waals surface area (Å²) < 4.78 is 14.4. The number of nitrogens with one attached hydrogen (secondary N) is 1. The number of halogens is 1. The molecule has 0 radical (unpaired) electrons. The number of anilines is 1. The van der Waals surface area contributed by atoms with Crippen molar-refractivity contribution in [1.29, 1.82) is 0 Å². The molecule has 4 rings (SSSR count). The van der Waals surface area contributed by atoms with Crippen LogP contribution in [0.3, 0.4) is 0 Å². The molecule has 2 fully saturated rings. The van der Waals surface area contributed by atoms with Crippen LogP contribution < -0.4 is 10.2 Å². The van der Waals surface area contributed by atoms with Crippen molar-refractivity contribution in [3.63, 3.8) is 0 Å². The highest BCUT2D eigenvalue weighted by Crippen LogP contribution is 2.36. The minimum Gasteiger partial charge on any atom is -0.386 e. The zero-order chi connectivity index (χ0) is 22.8. The first-order chi connectivity index (χ1) is 15.3. The van der Waals surface area contributed by atoms with E-state index in [0.29, 0.717) is 44.3 Å². The van der Waals surface area contributed by atoms with E-state index < -0.39 is 11.0 Å². The van der Waals surface area contributed by atoms with Crippen molar-refractivity contribution in [1.82, 2.24) is 20.2 Å². The quantitative estimate of drug-likeness (QED) is 0.713. The van der Waals surface area contributed by atoms with E-state index in [1.807, 2.05) is 31.0 Å². The normalized spacial score (nSPS) is 23.3. The second kappa shape index (κ2) is 9.11. The fraction of sp³-hybridized carbons (Fsp3) is 0.542. The standard InChI is InChI=1S/C24H32FN5O2/c1-18-13-21(28-17-27-18)30-12-9-24(32,16-30)15-26-22(31)23(7-10-29(2)11-8-23)14-19-5-3-4-6-20(19)25/h3-6,13,17,32H,7-12,14-16H2,1-2H3,(H,26,31)/t24-/m0/s1. The zero-order valence-corrected chi connectivity index (χ0v) is 18.9. The van der Waals surface area contributed by atoms with Crippen LogP contribution >= 0.6 is 0 Å². The van der Waals surface area contributed by atoms with Crippen molar-refractivity contribution in [3.05, 3.63) is 53.7 Å². The molecule has 2 aliphatic rings. The third-order valence-corrected chi connectivity index (χ3v) is 6.94. The maximum absolute atomic E-state index is 14.4. The number of piperidine rings is 1. The zero-order valence-electron chi connectivity index (χ0n) is 18.9. The fourth-order valence-corrected chi connectivity index (χ4v) is 4.78. The largest absolute Gasteiger partial charge is 0.386 e. The second-order valence-electron chi connectivity index (χ2n) is 9.45. The highest BCUT2D eigenvalue weighted by atomic mass is 19.1. The molecule has 1 atom stereocenters. The van der Waals surface area contributed by atoms with E-state index in [4.69, 9.17) is 0 Å². The third-order valence-electron chi connectivity index (χ3n) is 6.94. The molecule has 1 amide bonds. The lowest BCUT2D eigenvalue weighted by molar-refractivity contribution is -0.135. The SMILES string of the molecule is Cc1cc(N2CC[C@](O)(CNC(=O)C3(Cc4ccccc4F)CCN(C)CC3)C2)ncn1. The molecular weight excluding hydrogens is 409 g/mol. The van der Waals surface area contributed by atoms with Crippen molar-refractivity contribution in [2.24, 2.45) is 5.41 Å². The highest BCUT2D eigenvalue weighted by Gasteiger charge is 2.43. The summed E-state index contributed by atoms with van der Waals surface area (Å²) in [7, 11) is 2.04. The molecule has 1 aromatic carbocycles. The molecule has 3 heterocycles. The average Bonchev–Trinajstić information content (AvgIpc) is 3.18. The minimum atomic E-state index is -1.03. The molecule has 2 aliphatic heterocycles. The third kappa shape index (κ3) is 4.91. The summed E-state index contributed by atoms with van der Waals surface area (Å²) in [5.74, 6) is 0.411. The lowest BCUT2D eigenvalue weighted by Gasteiger charge is -2.40. The number of rotatable bonds is 6. The summed E-state index contributed by atoms with van der Waals surface area (Å²) in [5, 5.41) is 14.2. The van der Waals surface area contributed by atoms with Crippen LogP contribution in [0.25, 0.3) is 0 Å². The predicted octanol–water partition coefficient (Wildman–Crippen LogP) is 1.94. The minimum absolute atomic E-state index is 0.0985. The smallest absolute Gasteiger partial charge is 0.226 e. The van der Waals surface area contributed by atoms with E-state index in [-0.39, 0.29) is 18.3 Å². The lowest BCUT2D eigenvalue weighted by Crippen LogP contribution is -2.53. The van der Waals surface area contributed by atoms with Crippen LogP contribution in [-0.2, 0) is 11.2 Å². The number of aromatic nitrogens is 2. The maximum Gasteiger partial charge on any atom is 0.226 e. The molecule has 0 saturated carbocycles. The van der Waals surface area contributed by atoms with E-state index in [1.165, 1.54) is 12.4 Å². The van der Waals surface area contributed by atoms with Gasteiger partial charge in [0, 0.05) is 31.4 Å². The monoisotopic (exact) mass is 441 g/mol. The van der Waals surface area contributed by atoms with Crippen molar-refractivity contribution >= 4 is 11.7 Å². The van der Waals surface area contributed by atoms with Gasteiger partial charge in [0.05, 0.1) is 5.41 Å². The summed E-state index contributed by atoms with van der Waals surface area (Å²) in [6.07, 6.45) is 3.75. The number of carbonyl (C=O) groups is 1. The van der Waals surface area contributed by atoms with Gasteiger partial charge in [-0.3, -0.25) is 4.79 Å². The molecule has 2 aromatic rings. The van der Waals surface area contributed by atoms with Crippen molar-refractivity contribution in [2.75, 3.05) is 44.7 Å². The topological polar surface area (TPSA) is 81.6 Å². The molecule has 32 heavy (non-hydrogen) atoms. The summed E-state index contributed by atoms with van der Waals surface area (Å²) in [4.78, 5) is 26.1. The van der Waals surface area contributed by atoms with Gasteiger partial charge in [0.15, 0.2) is 0 Å². The summed E-state index contributed by atoms with van der Waals surface area (Å²) in [5.41, 5.74) is -0.264. The van der Waals surface area contributed by atoms with Gasteiger partial charge in [-0.1, -0.05) is 18.2 Å². The molecule has 0 spiro atoms. The Morgan fingerprint density at radius 1 is 1.19 bits per heavy atom. The first-order valence-electron chi connectivity index (χ1n) is 11.2. The number of nitrogens with zero attached hydrogens (tertiary/aromatic N) is 4. The lowest BCUT2D eigenvalue weighted by atomic mass is 9.73. The van der Waals surface area contributed by atoms with Crippen LogP contribution in [0.4, 0.5) is 10.2 Å². The Hall–Kier alpha value is -2.58. The summed E-state index contributed by atoms with van der Waals surface area (Å²) in [6, 6.07) is 8.58. The Kier molecular flexibility index (Phi) is 6.44. The van der Waals surface area contributed by atoms with Crippen LogP contribution in [0.1, 0.15) is 30.5 Å². The number of β-amino-alcohol motifs (C(OH)–C–C–N with tert-alkyl or cyclic N) is 1. The fourth-order valence-electron chi connectivity index (χ4n) is 4.78. The number of amides is 1. The van der Waals surface area contributed by atoms with E-state index in [9.17, 15) is 14.3 Å². The molecule has 2 N–H and O–H groups in total. The number of benzene rings is 1. The Labute approximate surface area is 188 Å². The molecule has 0 bridgehead atoms. The Bertz CT molecular complexity index is 963. The van der Waals surface area contributed by atoms with Crippen LogP contribution in [0.2, 0.25) is 0 Å². The number of hydrogen-bond donors (Lipinski definition) is 2. The number of aliphatic hydroxyl groups is 1. The van der Waals surface area contributed by atoms with Crippen LogP contribution in [-0.4, -0.2) is 71.3 Å². The van der Waals surface area contributed by atoms with Crippen LogP contribution in [0.5, 0.6) is 0 Å². The van der Waals surface area contributed by atoms with Gasteiger partial charge >= 0.3 is 0 Å². The first-order valence-corrected chi connectivity index (χ1v) is 11.2. The number of carbonyl (C=O) groups excluding carboxylic acids is 1. The van der Waals surface area contributed by atoms with Crippen LogP contribution in [0, 0.1) is 18.2 Å². The molecule has 2 saturated heterocycles. The Morgan fingerprint density at radius 3 is 2.66 bits per heavy atom. The van der Waals surface area contributed by atoms with Crippen molar-refractivity contribution < 1.29 is 14.3 Å². The van der Waals surface area contributed by atoms with E-state index in [1.54, 1.807) is 12.1 Å². The summed E-state index contributed by atoms with van der Waals surface area (Å²) >= 11 is 0. The molecule has 0 aliphatic carbocycles. The number of likely N-dealkylation sites (tertiary alicyclic amines) is 1. The molecule has 172 valence electrons. The van der Waals surface area contributed by atoms with Gasteiger partial charge in [0.25, 0.3) is 0 Å². The van der Waals surface area contributed by atoms with Gasteiger partial charge in [0.1, 0.15) is 23.6 Å². The molecule has 1 aromatic heterocycles. The predicted molar refractivity (Wildman–Crippen MR) is 121 cm³/mol. The van der Waals surface area contributed by atoms with Gasteiger partial charge in [-0.15, -0.1) is 0 Å². The van der Waals surface area contributed by atoms with Gasteiger partial charge < -0.3 is 20.2 Å². The Balaban J connectivity index is 1.44. The second-order valence-corrected chi connectivity index (χ2v) is 9.45. The average molecular weight is 442 g/mol.